The molecule has 5 nitrogen and oxygen atoms in total. The molecule has 0 bridgehead atoms. The summed E-state index contributed by atoms with van der Waals surface area (Å²) in [6.07, 6.45) is 6.32. The summed E-state index contributed by atoms with van der Waals surface area (Å²) in [4.78, 5) is 7.84. The van der Waals surface area contributed by atoms with Gasteiger partial charge in [0.15, 0.2) is 0 Å². The van der Waals surface area contributed by atoms with E-state index in [4.69, 9.17) is 11.5 Å². The number of hydrogen-bond donors (Lipinski definition) is 3. The predicted octanol–water partition coefficient (Wildman–Crippen LogP) is 0.771. The molecular formula is C9H13N5. The summed E-state index contributed by atoms with van der Waals surface area (Å²) in [7, 11) is 0. The first-order valence-electron chi connectivity index (χ1n) is 4.55. The fourth-order valence-electron chi connectivity index (χ4n) is 1.50. The molecule has 74 valence electrons. The van der Waals surface area contributed by atoms with Crippen molar-refractivity contribution in [2.75, 3.05) is 16.8 Å². The van der Waals surface area contributed by atoms with Crippen LogP contribution in [0.5, 0.6) is 0 Å². The van der Waals surface area contributed by atoms with Gasteiger partial charge in [0.1, 0.15) is 11.6 Å². The Hall–Kier alpha value is -1.78. The molecule has 5 N–H and O–H groups in total. The number of nitrogens with zero attached hydrogens (tertiary/aromatic N) is 2. The van der Waals surface area contributed by atoms with Gasteiger partial charge in [0, 0.05) is 12.1 Å². The van der Waals surface area contributed by atoms with E-state index in [0.717, 1.165) is 12.8 Å². The van der Waals surface area contributed by atoms with E-state index in [0.29, 0.717) is 17.7 Å². The van der Waals surface area contributed by atoms with Gasteiger partial charge in [-0.25, -0.2) is 0 Å². The second kappa shape index (κ2) is 3.53. The second-order valence-electron chi connectivity index (χ2n) is 3.32. The molecule has 1 aliphatic carbocycles. The molecule has 1 aliphatic rings. The van der Waals surface area contributed by atoms with Crippen molar-refractivity contribution in [2.24, 2.45) is 0 Å². The van der Waals surface area contributed by atoms with Crippen LogP contribution in [0.1, 0.15) is 12.8 Å². The molecule has 2 rings (SSSR count). The van der Waals surface area contributed by atoms with Crippen molar-refractivity contribution in [2.45, 2.75) is 18.9 Å². The SMILES string of the molecule is Nc1cc(NC2CC=CC2)nc(N)n1. The summed E-state index contributed by atoms with van der Waals surface area (Å²) in [5.41, 5.74) is 11.0. The first-order chi connectivity index (χ1) is 6.74. The van der Waals surface area contributed by atoms with E-state index >= 15 is 0 Å². The highest BCUT2D eigenvalue weighted by Crippen LogP contribution is 2.16. The van der Waals surface area contributed by atoms with Crippen molar-refractivity contribution in [1.29, 1.82) is 0 Å². The van der Waals surface area contributed by atoms with E-state index in [1.54, 1.807) is 6.07 Å². The number of anilines is 3. The first-order valence-corrected chi connectivity index (χ1v) is 4.55. The molecule has 0 saturated carbocycles. The van der Waals surface area contributed by atoms with E-state index < -0.39 is 0 Å². The number of nitrogens with one attached hydrogen (secondary N) is 1. The number of aromatic nitrogens is 2. The topological polar surface area (TPSA) is 89.8 Å². The summed E-state index contributed by atoms with van der Waals surface area (Å²) in [5, 5.41) is 3.25. The van der Waals surface area contributed by atoms with Crippen molar-refractivity contribution >= 4 is 17.6 Å². The summed E-state index contributed by atoms with van der Waals surface area (Å²) >= 11 is 0. The van der Waals surface area contributed by atoms with Crippen LogP contribution in [0.2, 0.25) is 0 Å². The van der Waals surface area contributed by atoms with E-state index in [2.05, 4.69) is 27.4 Å². The van der Waals surface area contributed by atoms with Crippen LogP contribution < -0.4 is 16.8 Å². The third-order valence-corrected chi connectivity index (χ3v) is 2.12. The Morgan fingerprint density at radius 3 is 2.57 bits per heavy atom. The molecule has 0 radical (unpaired) electrons. The minimum atomic E-state index is 0.207. The van der Waals surface area contributed by atoms with Gasteiger partial charge in [-0.15, -0.1) is 0 Å². The fourth-order valence-corrected chi connectivity index (χ4v) is 1.50. The van der Waals surface area contributed by atoms with Crippen molar-refractivity contribution in [3.8, 4) is 0 Å². The molecule has 1 aromatic rings. The predicted molar refractivity (Wildman–Crippen MR) is 56.6 cm³/mol. The van der Waals surface area contributed by atoms with Crippen LogP contribution in [-0.4, -0.2) is 16.0 Å². The summed E-state index contributed by atoms with van der Waals surface area (Å²) in [5.74, 6) is 1.30. The molecule has 0 aromatic carbocycles. The minimum absolute atomic E-state index is 0.207. The molecule has 1 aromatic heterocycles. The van der Waals surface area contributed by atoms with Gasteiger partial charge < -0.3 is 16.8 Å². The molecule has 0 amide bonds. The quantitative estimate of drug-likeness (QED) is 0.601. The summed E-state index contributed by atoms with van der Waals surface area (Å²) in [6, 6.07) is 2.10. The Morgan fingerprint density at radius 2 is 1.93 bits per heavy atom. The molecule has 5 heteroatoms. The van der Waals surface area contributed by atoms with Gasteiger partial charge >= 0.3 is 0 Å². The minimum Gasteiger partial charge on any atom is -0.383 e. The number of rotatable bonds is 2. The van der Waals surface area contributed by atoms with E-state index in [9.17, 15) is 0 Å². The smallest absolute Gasteiger partial charge is 0.223 e. The Labute approximate surface area is 82.2 Å². The normalized spacial score (nSPS) is 16.0. The summed E-state index contributed by atoms with van der Waals surface area (Å²) in [6.45, 7) is 0. The van der Waals surface area contributed by atoms with Crippen molar-refractivity contribution in [3.63, 3.8) is 0 Å². The Bertz CT molecular complexity index is 332. The standard InChI is InChI=1S/C9H13N5/c10-7-5-8(14-9(11)13-7)12-6-3-1-2-4-6/h1-2,5-6H,3-4H2,(H5,10,11,12,13,14). The molecular weight excluding hydrogens is 178 g/mol. The molecule has 0 saturated heterocycles. The van der Waals surface area contributed by atoms with Crippen LogP contribution in [0.25, 0.3) is 0 Å². The highest BCUT2D eigenvalue weighted by molar-refractivity contribution is 5.49. The average Bonchev–Trinajstić information content (AvgIpc) is 2.54. The highest BCUT2D eigenvalue weighted by atomic mass is 15.1. The van der Waals surface area contributed by atoms with Crippen LogP contribution in [0, 0.1) is 0 Å². The Kier molecular flexibility index (Phi) is 2.22. The number of nitrogens with two attached hydrogens (primary N) is 2. The lowest BCUT2D eigenvalue weighted by atomic mass is 10.2. The molecule has 0 unspecified atom stereocenters. The lowest BCUT2D eigenvalue weighted by Gasteiger charge is -2.12. The lowest BCUT2D eigenvalue weighted by molar-refractivity contribution is 0.780. The van der Waals surface area contributed by atoms with Crippen LogP contribution in [0.15, 0.2) is 18.2 Å². The van der Waals surface area contributed by atoms with Crippen molar-refractivity contribution < 1.29 is 0 Å². The Balaban J connectivity index is 2.08. The lowest BCUT2D eigenvalue weighted by Crippen LogP contribution is -2.17. The maximum absolute atomic E-state index is 5.55. The van der Waals surface area contributed by atoms with Crippen molar-refractivity contribution in [3.05, 3.63) is 18.2 Å². The van der Waals surface area contributed by atoms with Crippen molar-refractivity contribution in [1.82, 2.24) is 9.97 Å². The van der Waals surface area contributed by atoms with E-state index in [-0.39, 0.29) is 5.95 Å². The van der Waals surface area contributed by atoms with Gasteiger partial charge in [0.25, 0.3) is 0 Å². The van der Waals surface area contributed by atoms with Gasteiger partial charge in [-0.1, -0.05) is 12.2 Å². The van der Waals surface area contributed by atoms with Gasteiger partial charge in [0.2, 0.25) is 5.95 Å². The molecule has 0 atom stereocenters. The van der Waals surface area contributed by atoms with E-state index in [1.807, 2.05) is 0 Å². The number of hydrogen-bond acceptors (Lipinski definition) is 5. The third kappa shape index (κ3) is 1.93. The zero-order chi connectivity index (χ0) is 9.97. The molecule has 14 heavy (non-hydrogen) atoms. The van der Waals surface area contributed by atoms with Crippen LogP contribution in [-0.2, 0) is 0 Å². The van der Waals surface area contributed by atoms with Gasteiger partial charge in [0.05, 0.1) is 0 Å². The molecule has 0 aliphatic heterocycles. The van der Waals surface area contributed by atoms with Gasteiger partial charge in [-0.05, 0) is 12.8 Å². The molecule has 1 heterocycles. The first kappa shape index (κ1) is 8.80. The van der Waals surface area contributed by atoms with E-state index in [1.165, 1.54) is 0 Å². The van der Waals surface area contributed by atoms with Crippen LogP contribution in [0.4, 0.5) is 17.6 Å². The van der Waals surface area contributed by atoms with Gasteiger partial charge in [-0.2, -0.15) is 9.97 Å². The Morgan fingerprint density at radius 1 is 1.21 bits per heavy atom. The molecule has 0 fully saturated rings. The highest BCUT2D eigenvalue weighted by Gasteiger charge is 2.10. The zero-order valence-electron chi connectivity index (χ0n) is 7.77. The maximum Gasteiger partial charge on any atom is 0.223 e. The van der Waals surface area contributed by atoms with Gasteiger partial charge in [-0.3, -0.25) is 0 Å². The zero-order valence-corrected chi connectivity index (χ0v) is 7.77. The van der Waals surface area contributed by atoms with Crippen LogP contribution in [0.3, 0.4) is 0 Å². The average molecular weight is 191 g/mol. The third-order valence-electron chi connectivity index (χ3n) is 2.12. The fraction of sp³-hybridized carbons (Fsp3) is 0.333. The molecule has 0 spiro atoms. The largest absolute Gasteiger partial charge is 0.383 e. The number of nitrogen functional groups attached to an aromatic ring is 2. The monoisotopic (exact) mass is 191 g/mol. The maximum atomic E-state index is 5.55. The second-order valence-corrected chi connectivity index (χ2v) is 3.32. The van der Waals surface area contributed by atoms with Crippen LogP contribution >= 0.6 is 0 Å². The summed E-state index contributed by atoms with van der Waals surface area (Å²) < 4.78 is 0.